The highest BCUT2D eigenvalue weighted by atomic mass is 19.1. The third kappa shape index (κ3) is 11.4. The molecule has 0 aromatic carbocycles. The van der Waals surface area contributed by atoms with Crippen molar-refractivity contribution in [3.05, 3.63) is 42.2 Å². The van der Waals surface area contributed by atoms with Gasteiger partial charge >= 0.3 is 5.97 Å². The zero-order valence-electron chi connectivity index (χ0n) is 38.9. The van der Waals surface area contributed by atoms with Crippen LogP contribution in [0.25, 0.3) is 11.3 Å². The monoisotopic (exact) mass is 898 g/mol. The Morgan fingerprint density at radius 2 is 1.78 bits per heavy atom. The molecule has 17 nitrogen and oxygen atoms in total. The van der Waals surface area contributed by atoms with Crippen LogP contribution in [0.15, 0.2) is 46.7 Å². The number of fused-ring (bicyclic) bond motifs is 5. The molecule has 5 heterocycles. The van der Waals surface area contributed by atoms with Crippen molar-refractivity contribution in [2.75, 3.05) is 33.0 Å². The highest BCUT2D eigenvalue weighted by Gasteiger charge is 2.56. The number of rotatable bonds is 9. The van der Waals surface area contributed by atoms with Crippen molar-refractivity contribution in [3.8, 4) is 11.3 Å². The maximum absolute atomic E-state index is 17.0. The number of amides is 1. The largest absolute Gasteiger partial charge is 0.457 e. The van der Waals surface area contributed by atoms with Crippen LogP contribution < -0.4 is 5.73 Å². The van der Waals surface area contributed by atoms with Gasteiger partial charge in [0.2, 0.25) is 5.91 Å². The van der Waals surface area contributed by atoms with Crippen molar-refractivity contribution in [3.63, 3.8) is 0 Å². The van der Waals surface area contributed by atoms with E-state index in [4.69, 9.17) is 34.3 Å². The van der Waals surface area contributed by atoms with Gasteiger partial charge in [-0.25, -0.2) is 19.2 Å². The second-order valence-corrected chi connectivity index (χ2v) is 18.2. The number of anilines is 1. The van der Waals surface area contributed by atoms with E-state index in [1.807, 2.05) is 45.0 Å². The summed E-state index contributed by atoms with van der Waals surface area (Å²) >= 11 is 0. The molecule has 3 aliphatic rings. The molecule has 354 valence electrons. The molecule has 2 aromatic rings. The number of likely N-dealkylation sites (N-methyl/N-ethyl adjacent to an activating group) is 1. The fraction of sp³-hybridized carbons (Fsp3) is 0.674. The Labute approximate surface area is 375 Å². The number of aliphatic hydroxyl groups is 2. The van der Waals surface area contributed by atoms with Crippen molar-refractivity contribution in [1.29, 1.82) is 0 Å². The second-order valence-electron chi connectivity index (χ2n) is 18.2. The molecule has 3 aliphatic heterocycles. The van der Waals surface area contributed by atoms with Gasteiger partial charge in [0.25, 0.3) is 5.67 Å². The van der Waals surface area contributed by atoms with Crippen LogP contribution in [-0.2, 0) is 49.5 Å². The summed E-state index contributed by atoms with van der Waals surface area (Å²) in [5, 5.41) is 28.6. The lowest BCUT2D eigenvalue weighted by atomic mass is 9.73. The summed E-state index contributed by atoms with van der Waals surface area (Å²) in [5.41, 5.74) is 1.44. The van der Waals surface area contributed by atoms with Gasteiger partial charge in [0.05, 0.1) is 48.5 Å². The number of ketones is 1. The zero-order chi connectivity index (χ0) is 47.3. The van der Waals surface area contributed by atoms with E-state index in [0.717, 1.165) is 12.5 Å². The lowest BCUT2D eigenvalue weighted by molar-refractivity contribution is -0.296. The summed E-state index contributed by atoms with van der Waals surface area (Å²) < 4.78 is 48.9. The maximum atomic E-state index is 17.0. The molecule has 18 heteroatoms. The summed E-state index contributed by atoms with van der Waals surface area (Å²) in [4.78, 5) is 62.7. The number of carbonyl (C=O) groups is 3. The fourth-order valence-electron chi connectivity index (χ4n) is 9.11. The van der Waals surface area contributed by atoms with E-state index in [2.05, 4.69) is 20.1 Å². The van der Waals surface area contributed by atoms with Crippen LogP contribution in [0.5, 0.6) is 0 Å². The average Bonchev–Trinajstić information content (AvgIpc) is 3.26. The van der Waals surface area contributed by atoms with E-state index in [1.165, 1.54) is 13.8 Å². The molecule has 0 aliphatic carbocycles. The number of alkyl halides is 1. The number of Topliss-reactive ketones (excluding diaryl/α,β-unsaturated/α-hetero) is 1. The predicted octanol–water partition coefficient (Wildman–Crippen LogP) is 4.64. The molecule has 3 fully saturated rings. The Balaban J connectivity index is 1.65. The summed E-state index contributed by atoms with van der Waals surface area (Å²) in [5.74, 6) is -5.68. The molecule has 0 radical (unpaired) electrons. The van der Waals surface area contributed by atoms with Crippen LogP contribution in [0.1, 0.15) is 93.7 Å². The number of aliphatic hydroxyl groups excluding tert-OH is 1. The van der Waals surface area contributed by atoms with Gasteiger partial charge in [0.1, 0.15) is 29.3 Å². The lowest BCUT2D eigenvalue weighted by Gasteiger charge is -2.47. The molecule has 2 bridgehead atoms. The summed E-state index contributed by atoms with van der Waals surface area (Å²) in [7, 11) is 3.63. The summed E-state index contributed by atoms with van der Waals surface area (Å²) in [6, 6.07) is 8.47. The molecule has 64 heavy (non-hydrogen) atoms. The van der Waals surface area contributed by atoms with E-state index in [-0.39, 0.29) is 44.8 Å². The topological polar surface area (TPSA) is 227 Å². The molecule has 3 saturated heterocycles. The van der Waals surface area contributed by atoms with E-state index in [9.17, 15) is 24.6 Å². The molecule has 13 atom stereocenters. The second kappa shape index (κ2) is 20.9. The highest BCUT2D eigenvalue weighted by Crippen LogP contribution is 2.41. The number of nitrogens with zero attached hydrogens (tertiary/aromatic N) is 5. The van der Waals surface area contributed by atoms with Gasteiger partial charge in [0, 0.05) is 41.8 Å². The fourth-order valence-corrected chi connectivity index (χ4v) is 9.11. The lowest BCUT2D eigenvalue weighted by Crippen LogP contribution is -2.61. The summed E-state index contributed by atoms with van der Waals surface area (Å²) in [6.07, 6.45) is -4.85. The number of hydrogen-bond donors (Lipinski definition) is 3. The van der Waals surface area contributed by atoms with E-state index < -0.39 is 95.1 Å². The SMILES string of the molecule is CCC(=O)N=C1[C@H](C)C[C@@]2(C)OC/C(=N/OCc3ccc(-c4cccc(N)n4)cn3)CO[C@@H]([C@H]1C)[C@](C)(O)[C@@H](CC)OC(=O)[C@@](C)(F)C(=O)[C@H](C)[C@H]2O[C@@H]1O[C@H](C)C[C@H](N(C)C)[C@H]1O. The number of nitrogen functional groups attached to an aromatic ring is 1. The van der Waals surface area contributed by atoms with Crippen LogP contribution in [-0.4, -0.2) is 141 Å². The van der Waals surface area contributed by atoms with Crippen LogP contribution in [0.4, 0.5) is 10.2 Å². The van der Waals surface area contributed by atoms with Gasteiger partial charge in [-0.1, -0.05) is 45.8 Å². The quantitative estimate of drug-likeness (QED) is 0.177. The first-order valence-electron chi connectivity index (χ1n) is 22.1. The molecule has 2 aromatic heterocycles. The van der Waals surface area contributed by atoms with E-state index in [0.29, 0.717) is 29.3 Å². The predicted molar refractivity (Wildman–Crippen MR) is 236 cm³/mol. The third-order valence-corrected chi connectivity index (χ3v) is 12.7. The van der Waals surface area contributed by atoms with Gasteiger partial charge in [-0.05, 0) is 91.2 Å². The molecule has 5 rings (SSSR count). The maximum Gasteiger partial charge on any atom is 0.351 e. The number of nitrogens with two attached hydrogens (primary N) is 1. The van der Waals surface area contributed by atoms with Crippen molar-refractivity contribution in [2.24, 2.45) is 27.9 Å². The molecule has 0 saturated carbocycles. The van der Waals surface area contributed by atoms with Gasteiger partial charge < -0.3 is 49.4 Å². The van der Waals surface area contributed by atoms with Gasteiger partial charge in [0.15, 0.2) is 18.7 Å². The van der Waals surface area contributed by atoms with Crippen molar-refractivity contribution >= 4 is 34.9 Å². The number of ether oxygens (including phenoxy) is 5. The number of cyclic esters (lactones) is 1. The van der Waals surface area contributed by atoms with Crippen molar-refractivity contribution < 1.29 is 57.5 Å². The molecule has 0 spiro atoms. The number of hydrogen-bond acceptors (Lipinski definition) is 16. The van der Waals surface area contributed by atoms with Gasteiger partial charge in [-0.3, -0.25) is 14.6 Å². The first kappa shape index (κ1) is 50.7. The molecule has 1 amide bonds. The highest BCUT2D eigenvalue weighted by molar-refractivity contribution is 6.08. The van der Waals surface area contributed by atoms with Crippen LogP contribution in [0.3, 0.4) is 0 Å². The number of carbonyl (C=O) groups excluding carboxylic acids is 3. The standard InChI is InChI=1S/C46H67FN6O11/c1-12-34-46(9,58)41-27(5)37(51-36(54)13-2)25(3)20-44(7,60-23-31(22-59-41)52-61-24-30-18-17-29(21-49-30)32-15-14-16-35(48)50-32)40(28(6)39(56)45(8,47)43(57)63-34)64-42-38(55)33(53(10)11)19-26(4)62-42/h14-18,21,25-28,33-34,38,40-42,55,58H,12-13,19-20,22-24H2,1-11H3,(H2,48,50)/b51-37?,52-31+/t25-,26-,27+,28+,33+,34-,38-,40-,41+,42+,44-,45+,46-/m1/s1. The average molecular weight is 899 g/mol. The Morgan fingerprint density at radius 1 is 1.06 bits per heavy atom. The Bertz CT molecular complexity index is 2010. The minimum absolute atomic E-state index is 0.00320. The third-order valence-electron chi connectivity index (χ3n) is 12.7. The minimum Gasteiger partial charge on any atom is -0.457 e. The first-order chi connectivity index (χ1) is 30.0. The number of aliphatic imine (C=N–C) groups is 1. The molecular weight excluding hydrogens is 832 g/mol. The van der Waals surface area contributed by atoms with Gasteiger partial charge in [-0.15, -0.1) is 0 Å². The molecule has 4 N–H and O–H groups in total. The normalized spacial score (nSPS) is 37.1. The number of halogens is 1. The Morgan fingerprint density at radius 3 is 2.41 bits per heavy atom. The zero-order valence-corrected chi connectivity index (χ0v) is 38.9. The Hall–Kier alpha value is -4.30. The number of aromatic nitrogens is 2. The number of pyridine rings is 2. The van der Waals surface area contributed by atoms with Crippen LogP contribution >= 0.6 is 0 Å². The Kier molecular flexibility index (Phi) is 16.6. The molecule has 0 unspecified atom stereocenters. The van der Waals surface area contributed by atoms with Gasteiger partial charge in [-0.2, -0.15) is 0 Å². The van der Waals surface area contributed by atoms with Crippen LogP contribution in [0.2, 0.25) is 0 Å². The number of esters is 1. The van der Waals surface area contributed by atoms with Crippen molar-refractivity contribution in [1.82, 2.24) is 14.9 Å². The van der Waals surface area contributed by atoms with Crippen LogP contribution in [0, 0.1) is 17.8 Å². The van der Waals surface area contributed by atoms with E-state index in [1.54, 1.807) is 52.1 Å². The van der Waals surface area contributed by atoms with E-state index >= 15 is 4.39 Å². The van der Waals surface area contributed by atoms with Crippen molar-refractivity contribution in [2.45, 2.75) is 154 Å². The first-order valence-corrected chi connectivity index (χ1v) is 22.1. The smallest absolute Gasteiger partial charge is 0.351 e. The summed E-state index contributed by atoms with van der Waals surface area (Å²) in [6.45, 7) is 13.3. The molecular formula is C46H67FN6O11. The number of oxime groups is 1. The minimum atomic E-state index is -3.23.